The molecule has 4 heteroatoms. The molecule has 1 aliphatic carbocycles. The van der Waals surface area contributed by atoms with E-state index in [1.165, 1.54) is 0 Å². The van der Waals surface area contributed by atoms with Crippen LogP contribution in [0.2, 0.25) is 0 Å². The quantitative estimate of drug-likeness (QED) is 0.814. The van der Waals surface area contributed by atoms with Crippen molar-refractivity contribution in [3.8, 4) is 0 Å². The second-order valence-corrected chi connectivity index (χ2v) is 3.68. The van der Waals surface area contributed by atoms with Gasteiger partial charge in [-0.15, -0.1) is 0 Å². The molecule has 0 saturated heterocycles. The molecule has 0 bridgehead atoms. The zero-order valence-corrected chi connectivity index (χ0v) is 7.99. The van der Waals surface area contributed by atoms with Gasteiger partial charge in [-0.3, -0.25) is 4.79 Å². The molecule has 0 heterocycles. The Morgan fingerprint density at radius 2 is 2.00 bits per heavy atom. The van der Waals surface area contributed by atoms with Crippen molar-refractivity contribution in [1.29, 1.82) is 0 Å². The summed E-state index contributed by atoms with van der Waals surface area (Å²) in [7, 11) is 0. The third kappa shape index (κ3) is 2.32. The lowest BCUT2D eigenvalue weighted by Gasteiger charge is -2.03. The maximum atomic E-state index is 12.2. The Morgan fingerprint density at radius 1 is 1.33 bits per heavy atom. The molecule has 1 saturated carbocycles. The molecule has 2 rings (SSSR count). The number of rotatable bonds is 3. The summed E-state index contributed by atoms with van der Waals surface area (Å²) in [5, 5.41) is 2.58. The molecule has 1 aromatic carbocycles. The minimum Gasteiger partial charge on any atom is -0.349 e. The predicted molar refractivity (Wildman–Crippen MR) is 51.8 cm³/mol. The SMILES string of the molecule is O=C(N[C@H]1C[C@H]1C(F)F)c1ccccc1. The van der Waals surface area contributed by atoms with Crippen LogP contribution >= 0.6 is 0 Å². The first-order valence-electron chi connectivity index (χ1n) is 4.82. The molecular weight excluding hydrogens is 200 g/mol. The fourth-order valence-corrected chi connectivity index (χ4v) is 1.50. The van der Waals surface area contributed by atoms with Crippen LogP contribution in [0.3, 0.4) is 0 Å². The third-order valence-electron chi connectivity index (χ3n) is 2.52. The van der Waals surface area contributed by atoms with Crippen molar-refractivity contribution < 1.29 is 13.6 Å². The molecular formula is C11H11F2NO. The van der Waals surface area contributed by atoms with Crippen LogP contribution in [0.1, 0.15) is 16.8 Å². The number of hydrogen-bond acceptors (Lipinski definition) is 1. The van der Waals surface area contributed by atoms with Gasteiger partial charge in [0.25, 0.3) is 5.91 Å². The molecule has 1 fully saturated rings. The van der Waals surface area contributed by atoms with Gasteiger partial charge in [-0.1, -0.05) is 18.2 Å². The van der Waals surface area contributed by atoms with E-state index in [4.69, 9.17) is 0 Å². The van der Waals surface area contributed by atoms with E-state index in [9.17, 15) is 13.6 Å². The number of benzene rings is 1. The highest BCUT2D eigenvalue weighted by Crippen LogP contribution is 2.36. The van der Waals surface area contributed by atoms with Gasteiger partial charge in [0, 0.05) is 17.5 Å². The van der Waals surface area contributed by atoms with Gasteiger partial charge in [-0.2, -0.15) is 0 Å². The van der Waals surface area contributed by atoms with E-state index < -0.39 is 12.3 Å². The monoisotopic (exact) mass is 211 g/mol. The molecule has 0 aliphatic heterocycles. The highest BCUT2D eigenvalue weighted by atomic mass is 19.3. The van der Waals surface area contributed by atoms with Crippen molar-refractivity contribution in [3.63, 3.8) is 0 Å². The number of halogens is 2. The predicted octanol–water partition coefficient (Wildman–Crippen LogP) is 2.07. The summed E-state index contributed by atoms with van der Waals surface area (Å²) >= 11 is 0. The molecule has 80 valence electrons. The minimum absolute atomic E-state index is 0.274. The first-order valence-corrected chi connectivity index (χ1v) is 4.82. The summed E-state index contributed by atoms with van der Waals surface area (Å²) in [6.45, 7) is 0. The number of hydrogen-bond donors (Lipinski definition) is 1. The van der Waals surface area contributed by atoms with Gasteiger partial charge in [-0.25, -0.2) is 8.78 Å². The van der Waals surface area contributed by atoms with Crippen molar-refractivity contribution in [2.24, 2.45) is 5.92 Å². The largest absolute Gasteiger partial charge is 0.349 e. The van der Waals surface area contributed by atoms with Gasteiger partial charge >= 0.3 is 0 Å². The number of alkyl halides is 2. The van der Waals surface area contributed by atoms with Crippen LogP contribution in [-0.2, 0) is 0 Å². The van der Waals surface area contributed by atoms with Crippen molar-refractivity contribution in [2.45, 2.75) is 18.9 Å². The molecule has 0 aromatic heterocycles. The van der Waals surface area contributed by atoms with Gasteiger partial charge < -0.3 is 5.32 Å². The van der Waals surface area contributed by atoms with Gasteiger partial charge in [0.15, 0.2) is 0 Å². The van der Waals surface area contributed by atoms with E-state index in [2.05, 4.69) is 5.32 Å². The third-order valence-corrected chi connectivity index (χ3v) is 2.52. The van der Waals surface area contributed by atoms with E-state index in [-0.39, 0.29) is 11.9 Å². The Morgan fingerprint density at radius 3 is 2.53 bits per heavy atom. The summed E-state index contributed by atoms with van der Waals surface area (Å²) in [5.74, 6) is -0.929. The van der Waals surface area contributed by atoms with E-state index in [0.717, 1.165) is 0 Å². The lowest BCUT2D eigenvalue weighted by Crippen LogP contribution is -2.27. The smallest absolute Gasteiger partial charge is 0.251 e. The molecule has 15 heavy (non-hydrogen) atoms. The van der Waals surface area contributed by atoms with Crippen LogP contribution in [-0.4, -0.2) is 18.4 Å². The molecule has 1 N–H and O–H groups in total. The van der Waals surface area contributed by atoms with Crippen molar-refractivity contribution in [1.82, 2.24) is 5.32 Å². The highest BCUT2D eigenvalue weighted by Gasteiger charge is 2.45. The summed E-state index contributed by atoms with van der Waals surface area (Å²) < 4.78 is 24.3. The minimum atomic E-state index is -2.33. The second kappa shape index (κ2) is 3.96. The van der Waals surface area contributed by atoms with Crippen LogP contribution in [0, 0.1) is 5.92 Å². The van der Waals surface area contributed by atoms with Crippen molar-refractivity contribution >= 4 is 5.91 Å². The zero-order chi connectivity index (χ0) is 10.8. The Bertz CT molecular complexity index is 353. The molecule has 0 unspecified atom stereocenters. The Hall–Kier alpha value is -1.45. The summed E-state index contributed by atoms with van der Waals surface area (Å²) in [5.41, 5.74) is 0.511. The lowest BCUT2D eigenvalue weighted by molar-refractivity contribution is 0.0926. The molecule has 2 nitrogen and oxygen atoms in total. The zero-order valence-electron chi connectivity index (χ0n) is 7.99. The summed E-state index contributed by atoms with van der Waals surface area (Å²) in [6, 6.07) is 8.26. The van der Waals surface area contributed by atoms with Gasteiger partial charge in [0.2, 0.25) is 6.43 Å². The normalized spacial score (nSPS) is 23.9. The second-order valence-electron chi connectivity index (χ2n) is 3.68. The van der Waals surface area contributed by atoms with Crippen molar-refractivity contribution in [2.75, 3.05) is 0 Å². The van der Waals surface area contributed by atoms with E-state index in [1.807, 2.05) is 0 Å². The summed E-state index contributed by atoms with van der Waals surface area (Å²) in [4.78, 5) is 11.5. The average molecular weight is 211 g/mol. The standard InChI is InChI=1S/C11H11F2NO/c12-10(13)8-6-9(8)14-11(15)7-4-2-1-3-5-7/h1-5,8-10H,6H2,(H,14,15)/t8-,9+/m1/s1. The number of carbonyl (C=O) groups excluding carboxylic acids is 1. The Labute approximate surface area is 86.3 Å². The Balaban J connectivity index is 1.90. The van der Waals surface area contributed by atoms with E-state index >= 15 is 0 Å². The fourth-order valence-electron chi connectivity index (χ4n) is 1.50. The maximum absolute atomic E-state index is 12.2. The number of amides is 1. The molecule has 1 aliphatic rings. The molecule has 1 amide bonds. The maximum Gasteiger partial charge on any atom is 0.251 e. The van der Waals surface area contributed by atoms with Gasteiger partial charge in [0.1, 0.15) is 0 Å². The van der Waals surface area contributed by atoms with Crippen LogP contribution in [0.25, 0.3) is 0 Å². The molecule has 2 atom stereocenters. The van der Waals surface area contributed by atoms with E-state index in [1.54, 1.807) is 30.3 Å². The Kier molecular flexibility index (Phi) is 2.66. The van der Waals surface area contributed by atoms with E-state index in [0.29, 0.717) is 12.0 Å². The fraction of sp³-hybridized carbons (Fsp3) is 0.364. The van der Waals surface area contributed by atoms with Crippen molar-refractivity contribution in [3.05, 3.63) is 35.9 Å². The average Bonchev–Trinajstić information content (AvgIpc) is 2.98. The molecule has 0 spiro atoms. The first-order chi connectivity index (χ1) is 7.18. The number of nitrogens with one attached hydrogen (secondary N) is 1. The topological polar surface area (TPSA) is 29.1 Å². The lowest BCUT2D eigenvalue weighted by atomic mass is 10.2. The van der Waals surface area contributed by atoms with Crippen LogP contribution in [0.15, 0.2) is 30.3 Å². The van der Waals surface area contributed by atoms with Crippen LogP contribution in [0.4, 0.5) is 8.78 Å². The van der Waals surface area contributed by atoms with Crippen LogP contribution < -0.4 is 5.32 Å². The molecule has 1 aromatic rings. The summed E-state index contributed by atoms with van der Waals surface area (Å²) in [6.07, 6.45) is -1.94. The molecule has 0 radical (unpaired) electrons. The van der Waals surface area contributed by atoms with Gasteiger partial charge in [0.05, 0.1) is 0 Å². The van der Waals surface area contributed by atoms with Crippen LogP contribution in [0.5, 0.6) is 0 Å². The van der Waals surface area contributed by atoms with Gasteiger partial charge in [-0.05, 0) is 18.6 Å². The first kappa shape index (κ1) is 10.1. The highest BCUT2D eigenvalue weighted by molar-refractivity contribution is 5.94. The number of carbonyl (C=O) groups is 1.